The molecule has 1 saturated heterocycles. The van der Waals surface area contributed by atoms with Crippen molar-refractivity contribution < 1.29 is 4.74 Å². The number of hydrogen-bond acceptors (Lipinski definition) is 4. The van der Waals surface area contributed by atoms with Crippen molar-refractivity contribution in [3.05, 3.63) is 18.0 Å². The van der Waals surface area contributed by atoms with Gasteiger partial charge in [-0.1, -0.05) is 13.8 Å². The fraction of sp³-hybridized carbons (Fsp3) is 0.571. The molecular weight excluding hydrogens is 240 g/mol. The molecule has 2 aromatic heterocycles. The number of pyridine rings is 1. The molecule has 0 aromatic carbocycles. The van der Waals surface area contributed by atoms with Crippen molar-refractivity contribution in [1.82, 2.24) is 15.2 Å². The van der Waals surface area contributed by atoms with E-state index in [1.54, 1.807) is 0 Å². The number of fused-ring (bicyclic) bond motifs is 1. The van der Waals surface area contributed by atoms with E-state index in [0.29, 0.717) is 12.0 Å². The molecule has 0 unspecified atom stereocenters. The van der Waals surface area contributed by atoms with E-state index in [-0.39, 0.29) is 0 Å². The zero-order valence-electron chi connectivity index (χ0n) is 11.4. The highest BCUT2D eigenvalue weighted by molar-refractivity contribution is 5.91. The molecule has 19 heavy (non-hydrogen) atoms. The van der Waals surface area contributed by atoms with Crippen molar-refractivity contribution in [2.75, 3.05) is 18.5 Å². The Kier molecular flexibility index (Phi) is 3.38. The highest BCUT2D eigenvalue weighted by Crippen LogP contribution is 2.29. The average molecular weight is 260 g/mol. The standard InChI is InChI=1S/C14H20N4O/c1-9(2)13-12-11(17-18-13)3-6-15-14(12)16-10-4-7-19-8-5-10/h3,6,9-10H,4-5,7-8H2,1-2H3,(H,15,16)(H,17,18). The molecule has 1 aliphatic heterocycles. The predicted molar refractivity (Wildman–Crippen MR) is 75.4 cm³/mol. The third-order valence-electron chi connectivity index (χ3n) is 3.63. The summed E-state index contributed by atoms with van der Waals surface area (Å²) < 4.78 is 5.39. The second-order valence-electron chi connectivity index (χ2n) is 5.38. The van der Waals surface area contributed by atoms with Gasteiger partial charge in [-0.05, 0) is 24.8 Å². The number of aromatic amines is 1. The minimum absolute atomic E-state index is 0.407. The molecule has 0 saturated carbocycles. The summed E-state index contributed by atoms with van der Waals surface area (Å²) in [5.41, 5.74) is 2.13. The number of hydrogen-bond donors (Lipinski definition) is 2. The van der Waals surface area contributed by atoms with Crippen molar-refractivity contribution >= 4 is 16.7 Å². The van der Waals surface area contributed by atoms with Crippen LogP contribution in [0.25, 0.3) is 10.9 Å². The van der Waals surface area contributed by atoms with Crippen LogP contribution in [0.1, 0.15) is 38.3 Å². The van der Waals surface area contributed by atoms with Crippen LogP contribution in [0, 0.1) is 0 Å². The minimum Gasteiger partial charge on any atom is -0.381 e. The Bertz CT molecular complexity index is 558. The van der Waals surface area contributed by atoms with Gasteiger partial charge in [0.1, 0.15) is 5.82 Å². The predicted octanol–water partition coefficient (Wildman–Crippen LogP) is 2.67. The van der Waals surface area contributed by atoms with Gasteiger partial charge in [-0.2, -0.15) is 5.10 Å². The lowest BCUT2D eigenvalue weighted by atomic mass is 10.1. The summed E-state index contributed by atoms with van der Waals surface area (Å²) in [5, 5.41) is 12.2. The summed E-state index contributed by atoms with van der Waals surface area (Å²) >= 11 is 0. The van der Waals surface area contributed by atoms with E-state index < -0.39 is 0 Å². The van der Waals surface area contributed by atoms with Crippen LogP contribution in [0.15, 0.2) is 12.3 Å². The van der Waals surface area contributed by atoms with Crippen LogP contribution in [0.2, 0.25) is 0 Å². The summed E-state index contributed by atoms with van der Waals surface area (Å²) in [6.07, 6.45) is 3.88. The van der Waals surface area contributed by atoms with E-state index in [4.69, 9.17) is 4.74 Å². The maximum atomic E-state index is 5.39. The van der Waals surface area contributed by atoms with Gasteiger partial charge in [0.15, 0.2) is 0 Å². The fourth-order valence-electron chi connectivity index (χ4n) is 2.55. The summed E-state index contributed by atoms with van der Waals surface area (Å²) in [6, 6.07) is 2.40. The number of nitrogens with one attached hydrogen (secondary N) is 2. The van der Waals surface area contributed by atoms with Gasteiger partial charge in [-0.25, -0.2) is 4.98 Å². The summed E-state index contributed by atoms with van der Waals surface area (Å²) in [4.78, 5) is 4.50. The zero-order chi connectivity index (χ0) is 13.2. The fourth-order valence-corrected chi connectivity index (χ4v) is 2.55. The lowest BCUT2D eigenvalue weighted by Gasteiger charge is -2.24. The van der Waals surface area contributed by atoms with E-state index in [0.717, 1.165) is 48.5 Å². The molecule has 3 heterocycles. The SMILES string of the molecule is CC(C)c1[nH]nc2ccnc(NC3CCOCC3)c12. The molecule has 1 aliphatic rings. The lowest BCUT2D eigenvalue weighted by Crippen LogP contribution is -2.28. The van der Waals surface area contributed by atoms with Crippen molar-refractivity contribution in [1.29, 1.82) is 0 Å². The third-order valence-corrected chi connectivity index (χ3v) is 3.63. The highest BCUT2D eigenvalue weighted by atomic mass is 16.5. The van der Waals surface area contributed by atoms with Crippen molar-refractivity contribution in [3.8, 4) is 0 Å². The van der Waals surface area contributed by atoms with Crippen LogP contribution in [0.4, 0.5) is 5.82 Å². The van der Waals surface area contributed by atoms with Gasteiger partial charge >= 0.3 is 0 Å². The van der Waals surface area contributed by atoms with Crippen LogP contribution in [-0.2, 0) is 4.74 Å². The largest absolute Gasteiger partial charge is 0.381 e. The number of nitrogens with zero attached hydrogens (tertiary/aromatic N) is 2. The monoisotopic (exact) mass is 260 g/mol. The number of aromatic nitrogens is 3. The first kappa shape index (κ1) is 12.4. The van der Waals surface area contributed by atoms with Gasteiger partial charge in [-0.3, -0.25) is 5.10 Å². The van der Waals surface area contributed by atoms with Gasteiger partial charge in [-0.15, -0.1) is 0 Å². The molecule has 5 nitrogen and oxygen atoms in total. The Morgan fingerprint density at radius 2 is 2.16 bits per heavy atom. The molecule has 102 valence electrons. The summed E-state index contributed by atoms with van der Waals surface area (Å²) in [6.45, 7) is 5.99. The van der Waals surface area contributed by atoms with E-state index in [1.807, 2.05) is 12.3 Å². The molecule has 0 bridgehead atoms. The maximum absolute atomic E-state index is 5.39. The van der Waals surface area contributed by atoms with Gasteiger partial charge in [0.25, 0.3) is 0 Å². The Morgan fingerprint density at radius 3 is 2.89 bits per heavy atom. The minimum atomic E-state index is 0.407. The number of H-pyrrole nitrogens is 1. The van der Waals surface area contributed by atoms with Crippen LogP contribution >= 0.6 is 0 Å². The smallest absolute Gasteiger partial charge is 0.137 e. The molecule has 1 fully saturated rings. The Morgan fingerprint density at radius 1 is 1.37 bits per heavy atom. The Labute approximate surface area is 112 Å². The average Bonchev–Trinajstić information content (AvgIpc) is 2.85. The Balaban J connectivity index is 1.95. The summed E-state index contributed by atoms with van der Waals surface area (Å²) in [5.74, 6) is 1.35. The van der Waals surface area contributed by atoms with Crippen LogP contribution < -0.4 is 5.32 Å². The second-order valence-corrected chi connectivity index (χ2v) is 5.38. The van der Waals surface area contributed by atoms with Crippen molar-refractivity contribution in [3.63, 3.8) is 0 Å². The Hall–Kier alpha value is -1.62. The molecule has 0 spiro atoms. The number of ether oxygens (including phenoxy) is 1. The van der Waals surface area contributed by atoms with Crippen LogP contribution in [0.3, 0.4) is 0 Å². The molecule has 3 rings (SSSR count). The molecule has 2 N–H and O–H groups in total. The number of anilines is 1. The zero-order valence-corrected chi connectivity index (χ0v) is 11.4. The van der Waals surface area contributed by atoms with E-state index >= 15 is 0 Å². The van der Waals surface area contributed by atoms with E-state index in [2.05, 4.69) is 34.3 Å². The van der Waals surface area contributed by atoms with Gasteiger partial charge in [0, 0.05) is 31.1 Å². The van der Waals surface area contributed by atoms with Crippen molar-refractivity contribution in [2.24, 2.45) is 0 Å². The first-order valence-electron chi connectivity index (χ1n) is 6.93. The lowest BCUT2D eigenvalue weighted by molar-refractivity contribution is 0.0904. The molecule has 0 aliphatic carbocycles. The second kappa shape index (κ2) is 5.17. The first-order chi connectivity index (χ1) is 9.25. The highest BCUT2D eigenvalue weighted by Gasteiger charge is 2.18. The normalized spacial score (nSPS) is 17.2. The van der Waals surface area contributed by atoms with Crippen molar-refractivity contribution in [2.45, 2.75) is 38.6 Å². The molecular formula is C14H20N4O. The van der Waals surface area contributed by atoms with E-state index in [9.17, 15) is 0 Å². The third kappa shape index (κ3) is 2.42. The van der Waals surface area contributed by atoms with Gasteiger partial charge in [0.2, 0.25) is 0 Å². The summed E-state index contributed by atoms with van der Waals surface area (Å²) in [7, 11) is 0. The van der Waals surface area contributed by atoms with Crippen LogP contribution in [0.5, 0.6) is 0 Å². The molecule has 5 heteroatoms. The topological polar surface area (TPSA) is 62.8 Å². The quantitative estimate of drug-likeness (QED) is 0.890. The van der Waals surface area contributed by atoms with Gasteiger partial charge < -0.3 is 10.1 Å². The van der Waals surface area contributed by atoms with Gasteiger partial charge in [0.05, 0.1) is 10.9 Å². The molecule has 0 radical (unpaired) electrons. The van der Waals surface area contributed by atoms with Crippen LogP contribution in [-0.4, -0.2) is 34.4 Å². The van der Waals surface area contributed by atoms with E-state index in [1.165, 1.54) is 0 Å². The molecule has 0 amide bonds. The first-order valence-corrected chi connectivity index (χ1v) is 6.93. The molecule has 2 aromatic rings. The number of rotatable bonds is 3. The molecule has 0 atom stereocenters. The maximum Gasteiger partial charge on any atom is 0.137 e.